The quantitative estimate of drug-likeness (QED) is 0.524. The normalized spacial score (nSPS) is 34.2. The molecule has 0 heterocycles. The van der Waals surface area contributed by atoms with Crippen molar-refractivity contribution >= 4 is 22.6 Å². The van der Waals surface area contributed by atoms with Crippen LogP contribution in [0.15, 0.2) is 0 Å². The minimum absolute atomic E-state index is 0.842. The second kappa shape index (κ2) is 5.57. The van der Waals surface area contributed by atoms with E-state index in [4.69, 9.17) is 0 Å². The maximum absolute atomic E-state index is 2.57. The zero-order valence-corrected chi connectivity index (χ0v) is 11.4. The van der Waals surface area contributed by atoms with Gasteiger partial charge in [0.25, 0.3) is 0 Å². The lowest BCUT2D eigenvalue weighted by Gasteiger charge is -2.29. The van der Waals surface area contributed by atoms with Crippen molar-refractivity contribution < 1.29 is 0 Å². The van der Waals surface area contributed by atoms with Crippen molar-refractivity contribution in [2.45, 2.75) is 56.8 Å². The van der Waals surface area contributed by atoms with E-state index in [0.717, 1.165) is 21.7 Å². The minimum Gasteiger partial charge on any atom is -0.0826 e. The van der Waals surface area contributed by atoms with Crippen LogP contribution in [0.25, 0.3) is 0 Å². The van der Waals surface area contributed by atoms with Crippen LogP contribution in [0.3, 0.4) is 0 Å². The van der Waals surface area contributed by atoms with Crippen LogP contribution >= 0.6 is 22.6 Å². The smallest absolute Gasteiger partial charge is 0.0107 e. The fourth-order valence-electron chi connectivity index (χ4n) is 2.49. The third kappa shape index (κ3) is 4.18. The van der Waals surface area contributed by atoms with Crippen LogP contribution in [-0.4, -0.2) is 3.92 Å². The van der Waals surface area contributed by atoms with E-state index in [1.165, 1.54) is 32.1 Å². The van der Waals surface area contributed by atoms with E-state index < -0.39 is 0 Å². The number of alkyl halides is 1. The van der Waals surface area contributed by atoms with Crippen LogP contribution in [0.5, 0.6) is 0 Å². The number of hydrogen-bond donors (Lipinski definition) is 0. The second-order valence-corrected chi connectivity index (χ2v) is 6.99. The third-order valence-electron chi connectivity index (χ3n) is 3.53. The standard InChI is InChI=1S/C12H23I/c1-9-5-4-6-12(7-9)8-10(2)11(3)13/h9-12H,4-8H2,1-3H3/t9?,10?,11-,12?/m1/s1. The molecular weight excluding hydrogens is 271 g/mol. The Morgan fingerprint density at radius 1 is 1.31 bits per heavy atom. The van der Waals surface area contributed by atoms with Gasteiger partial charge in [-0.1, -0.05) is 62.6 Å². The predicted octanol–water partition coefficient (Wildman–Crippen LogP) is 4.66. The monoisotopic (exact) mass is 294 g/mol. The van der Waals surface area contributed by atoms with Crippen molar-refractivity contribution in [3.63, 3.8) is 0 Å². The zero-order valence-electron chi connectivity index (χ0n) is 9.22. The molecule has 0 aromatic heterocycles. The Morgan fingerprint density at radius 3 is 2.54 bits per heavy atom. The van der Waals surface area contributed by atoms with E-state index in [1.807, 2.05) is 0 Å². The lowest BCUT2D eigenvalue weighted by Crippen LogP contribution is -2.18. The molecule has 13 heavy (non-hydrogen) atoms. The van der Waals surface area contributed by atoms with Crippen LogP contribution in [0.2, 0.25) is 0 Å². The summed E-state index contributed by atoms with van der Waals surface area (Å²) in [6.45, 7) is 7.18. The molecule has 0 bridgehead atoms. The van der Waals surface area contributed by atoms with Gasteiger partial charge in [-0.2, -0.15) is 0 Å². The van der Waals surface area contributed by atoms with Crippen molar-refractivity contribution in [3.05, 3.63) is 0 Å². The molecule has 1 saturated carbocycles. The maximum atomic E-state index is 2.57. The van der Waals surface area contributed by atoms with Crippen molar-refractivity contribution in [3.8, 4) is 0 Å². The molecule has 1 rings (SSSR count). The summed E-state index contributed by atoms with van der Waals surface area (Å²) in [6, 6.07) is 0. The molecule has 0 aromatic rings. The van der Waals surface area contributed by atoms with E-state index in [9.17, 15) is 0 Å². The van der Waals surface area contributed by atoms with Gasteiger partial charge in [0.2, 0.25) is 0 Å². The van der Waals surface area contributed by atoms with Gasteiger partial charge in [-0.3, -0.25) is 0 Å². The third-order valence-corrected chi connectivity index (χ3v) is 4.76. The predicted molar refractivity (Wildman–Crippen MR) is 68.4 cm³/mol. The lowest BCUT2D eigenvalue weighted by molar-refractivity contribution is 0.244. The molecule has 3 unspecified atom stereocenters. The molecule has 0 spiro atoms. The molecule has 1 aliphatic carbocycles. The highest BCUT2D eigenvalue weighted by molar-refractivity contribution is 14.1. The van der Waals surface area contributed by atoms with Crippen molar-refractivity contribution in [1.82, 2.24) is 0 Å². The van der Waals surface area contributed by atoms with Gasteiger partial charge in [0.05, 0.1) is 0 Å². The molecule has 1 fully saturated rings. The summed E-state index contributed by atoms with van der Waals surface area (Å²) in [5, 5.41) is 0. The number of halogens is 1. The molecule has 0 nitrogen and oxygen atoms in total. The molecule has 0 amide bonds. The van der Waals surface area contributed by atoms with E-state index in [1.54, 1.807) is 0 Å². The Kier molecular flexibility index (Phi) is 5.06. The summed E-state index contributed by atoms with van der Waals surface area (Å²) in [7, 11) is 0. The van der Waals surface area contributed by atoms with Crippen molar-refractivity contribution in [2.75, 3.05) is 0 Å². The highest BCUT2D eigenvalue weighted by Gasteiger charge is 2.21. The highest BCUT2D eigenvalue weighted by atomic mass is 127. The first kappa shape index (κ1) is 11.8. The first-order valence-corrected chi connectivity index (χ1v) is 6.98. The first-order chi connectivity index (χ1) is 6.09. The molecule has 0 saturated heterocycles. The Balaban J connectivity index is 2.27. The van der Waals surface area contributed by atoms with E-state index in [2.05, 4.69) is 43.4 Å². The molecule has 4 atom stereocenters. The highest BCUT2D eigenvalue weighted by Crippen LogP contribution is 2.34. The lowest BCUT2D eigenvalue weighted by atomic mass is 9.78. The summed E-state index contributed by atoms with van der Waals surface area (Å²) in [4.78, 5) is 0. The molecule has 0 radical (unpaired) electrons. The maximum Gasteiger partial charge on any atom is 0.0107 e. The van der Waals surface area contributed by atoms with Gasteiger partial charge in [0, 0.05) is 3.92 Å². The molecule has 0 aliphatic heterocycles. The van der Waals surface area contributed by atoms with Gasteiger partial charge in [0.15, 0.2) is 0 Å². The van der Waals surface area contributed by atoms with E-state index >= 15 is 0 Å². The minimum atomic E-state index is 0.842. The van der Waals surface area contributed by atoms with Crippen LogP contribution in [0, 0.1) is 17.8 Å². The van der Waals surface area contributed by atoms with Crippen LogP contribution < -0.4 is 0 Å². The number of rotatable bonds is 3. The van der Waals surface area contributed by atoms with Crippen LogP contribution in [0.1, 0.15) is 52.9 Å². The summed E-state index contributed by atoms with van der Waals surface area (Å²) < 4.78 is 0.842. The summed E-state index contributed by atoms with van der Waals surface area (Å²) in [6.07, 6.45) is 7.42. The SMILES string of the molecule is CC1CCCC(CC(C)[C@@H](C)I)C1. The summed E-state index contributed by atoms with van der Waals surface area (Å²) >= 11 is 2.57. The van der Waals surface area contributed by atoms with Gasteiger partial charge >= 0.3 is 0 Å². The van der Waals surface area contributed by atoms with Gasteiger partial charge < -0.3 is 0 Å². The Morgan fingerprint density at radius 2 is 2.00 bits per heavy atom. The van der Waals surface area contributed by atoms with Gasteiger partial charge in [0.1, 0.15) is 0 Å². The fourth-order valence-corrected chi connectivity index (χ4v) is 2.78. The molecule has 0 aromatic carbocycles. The van der Waals surface area contributed by atoms with Crippen LogP contribution in [-0.2, 0) is 0 Å². The molecule has 1 aliphatic rings. The number of hydrogen-bond acceptors (Lipinski definition) is 0. The largest absolute Gasteiger partial charge is 0.0826 e. The Labute approximate surface area is 97.0 Å². The van der Waals surface area contributed by atoms with E-state index in [-0.39, 0.29) is 0 Å². The zero-order chi connectivity index (χ0) is 9.84. The van der Waals surface area contributed by atoms with Gasteiger partial charge in [-0.25, -0.2) is 0 Å². The topological polar surface area (TPSA) is 0 Å². The van der Waals surface area contributed by atoms with Crippen molar-refractivity contribution in [1.29, 1.82) is 0 Å². The van der Waals surface area contributed by atoms with Crippen LogP contribution in [0.4, 0.5) is 0 Å². The van der Waals surface area contributed by atoms with E-state index in [0.29, 0.717) is 0 Å². The molecular formula is C12H23I. The fraction of sp³-hybridized carbons (Fsp3) is 1.00. The Hall–Kier alpha value is 0.730. The molecule has 1 heteroatoms. The van der Waals surface area contributed by atoms with Gasteiger partial charge in [-0.15, -0.1) is 0 Å². The average molecular weight is 294 g/mol. The first-order valence-electron chi connectivity index (χ1n) is 5.73. The molecule has 78 valence electrons. The average Bonchev–Trinajstić information content (AvgIpc) is 2.04. The van der Waals surface area contributed by atoms with Crippen molar-refractivity contribution in [2.24, 2.45) is 17.8 Å². The second-order valence-electron chi connectivity index (χ2n) is 5.03. The summed E-state index contributed by atoms with van der Waals surface area (Å²) in [5.74, 6) is 2.95. The Bertz CT molecular complexity index is 142. The summed E-state index contributed by atoms with van der Waals surface area (Å²) in [5.41, 5.74) is 0. The van der Waals surface area contributed by atoms with Gasteiger partial charge in [-0.05, 0) is 30.6 Å². The molecule has 0 N–H and O–H groups in total.